The van der Waals surface area contributed by atoms with Gasteiger partial charge in [-0.3, -0.25) is 4.79 Å². The third-order valence-electron chi connectivity index (χ3n) is 2.78. The van der Waals surface area contributed by atoms with E-state index in [9.17, 15) is 4.79 Å². The van der Waals surface area contributed by atoms with Crippen LogP contribution in [-0.2, 0) is 4.79 Å². The Hall–Kier alpha value is -2.00. The van der Waals surface area contributed by atoms with Gasteiger partial charge >= 0.3 is 0 Å². The summed E-state index contributed by atoms with van der Waals surface area (Å²) >= 11 is 5.82. The summed E-state index contributed by atoms with van der Waals surface area (Å²) in [6, 6.07) is 14.4. The number of hydrogen-bond donors (Lipinski definition) is 1. The van der Waals surface area contributed by atoms with Gasteiger partial charge in [0.05, 0.1) is 0 Å². The molecule has 0 unspecified atom stereocenters. The summed E-state index contributed by atoms with van der Waals surface area (Å²) < 4.78 is 5.69. The number of carbonyl (C=O) groups excluding carboxylic acids is 1. The summed E-state index contributed by atoms with van der Waals surface area (Å²) in [6.07, 6.45) is 0.517. The molecule has 0 heterocycles. The van der Waals surface area contributed by atoms with Crippen molar-refractivity contribution < 1.29 is 9.53 Å². The number of benzene rings is 2. The van der Waals surface area contributed by atoms with Crippen molar-refractivity contribution in [1.82, 2.24) is 0 Å². The maximum atomic E-state index is 11.7. The van der Waals surface area contributed by atoms with Gasteiger partial charge in [-0.25, -0.2) is 0 Å². The van der Waals surface area contributed by atoms with E-state index in [0.29, 0.717) is 23.1 Å². The van der Waals surface area contributed by atoms with Crippen LogP contribution in [0.5, 0.6) is 11.5 Å². The van der Waals surface area contributed by atoms with Crippen LogP contribution in [0.2, 0.25) is 5.02 Å². The number of carbonyl (C=O) groups is 1. The van der Waals surface area contributed by atoms with Crippen LogP contribution in [0, 0.1) is 5.92 Å². The molecule has 0 saturated heterocycles. The third-order valence-corrected chi connectivity index (χ3v) is 3.03. The summed E-state index contributed by atoms with van der Waals surface area (Å²) in [6.45, 7) is 4.03. The summed E-state index contributed by atoms with van der Waals surface area (Å²) in [5.74, 6) is 1.80. The molecule has 0 atom stereocenters. The molecule has 110 valence electrons. The van der Waals surface area contributed by atoms with Gasteiger partial charge in [-0.15, -0.1) is 0 Å². The number of amides is 1. The van der Waals surface area contributed by atoms with E-state index < -0.39 is 0 Å². The molecule has 0 aromatic heterocycles. The molecule has 1 N–H and O–H groups in total. The molecule has 2 aromatic carbocycles. The van der Waals surface area contributed by atoms with Crippen molar-refractivity contribution in [2.75, 3.05) is 5.32 Å². The van der Waals surface area contributed by atoms with E-state index >= 15 is 0 Å². The summed E-state index contributed by atoms with van der Waals surface area (Å²) in [5, 5.41) is 3.53. The zero-order valence-corrected chi connectivity index (χ0v) is 12.9. The van der Waals surface area contributed by atoms with E-state index in [-0.39, 0.29) is 5.91 Å². The number of ether oxygens (including phenoxy) is 1. The average molecular weight is 304 g/mol. The Bertz CT molecular complexity index is 591. The van der Waals surface area contributed by atoms with Crippen LogP contribution in [0.3, 0.4) is 0 Å². The second kappa shape index (κ2) is 7.14. The summed E-state index contributed by atoms with van der Waals surface area (Å²) in [4.78, 5) is 11.7. The van der Waals surface area contributed by atoms with Crippen molar-refractivity contribution >= 4 is 23.2 Å². The van der Waals surface area contributed by atoms with Crippen LogP contribution >= 0.6 is 11.6 Å². The van der Waals surface area contributed by atoms with Gasteiger partial charge in [0.15, 0.2) is 0 Å². The molecule has 3 nitrogen and oxygen atoms in total. The van der Waals surface area contributed by atoms with Crippen LogP contribution in [0.15, 0.2) is 48.5 Å². The zero-order chi connectivity index (χ0) is 15.2. The summed E-state index contributed by atoms with van der Waals surface area (Å²) in [7, 11) is 0. The molecule has 0 aliphatic rings. The maximum Gasteiger partial charge on any atom is 0.224 e. The van der Waals surface area contributed by atoms with E-state index in [1.807, 2.05) is 38.1 Å². The van der Waals surface area contributed by atoms with Gasteiger partial charge in [0.1, 0.15) is 11.5 Å². The van der Waals surface area contributed by atoms with Crippen molar-refractivity contribution in [3.05, 3.63) is 53.6 Å². The molecular formula is C17H18ClNO2. The van der Waals surface area contributed by atoms with Gasteiger partial charge in [-0.05, 0) is 54.4 Å². The highest BCUT2D eigenvalue weighted by Crippen LogP contribution is 2.24. The minimum atomic E-state index is 0.0244. The van der Waals surface area contributed by atoms with Crippen LogP contribution in [0.25, 0.3) is 0 Å². The highest BCUT2D eigenvalue weighted by atomic mass is 35.5. The molecule has 0 aliphatic heterocycles. The first-order valence-electron chi connectivity index (χ1n) is 6.86. The molecular weight excluding hydrogens is 286 g/mol. The van der Waals surface area contributed by atoms with Gasteiger partial charge < -0.3 is 10.1 Å². The molecule has 0 aliphatic carbocycles. The molecule has 21 heavy (non-hydrogen) atoms. The van der Waals surface area contributed by atoms with Gasteiger partial charge in [-0.2, -0.15) is 0 Å². The van der Waals surface area contributed by atoms with E-state index in [1.54, 1.807) is 24.3 Å². The lowest BCUT2D eigenvalue weighted by Crippen LogP contribution is -2.13. The zero-order valence-electron chi connectivity index (χ0n) is 12.1. The Balaban J connectivity index is 1.95. The Kier molecular flexibility index (Phi) is 5.23. The van der Waals surface area contributed by atoms with E-state index in [1.165, 1.54) is 0 Å². The SMILES string of the molecule is CC(C)CC(=O)Nc1ccc(Oc2ccc(Cl)cc2)cc1. The van der Waals surface area contributed by atoms with Gasteiger partial charge in [0.2, 0.25) is 5.91 Å². The van der Waals surface area contributed by atoms with Crippen LogP contribution in [0.1, 0.15) is 20.3 Å². The number of anilines is 1. The number of halogens is 1. The molecule has 4 heteroatoms. The lowest BCUT2D eigenvalue weighted by molar-refractivity contribution is -0.116. The van der Waals surface area contributed by atoms with Crippen LogP contribution < -0.4 is 10.1 Å². The highest BCUT2D eigenvalue weighted by Gasteiger charge is 2.05. The van der Waals surface area contributed by atoms with Gasteiger partial charge in [0.25, 0.3) is 0 Å². The first kappa shape index (κ1) is 15.4. The van der Waals surface area contributed by atoms with Crippen molar-refractivity contribution in [3.63, 3.8) is 0 Å². The molecule has 0 fully saturated rings. The smallest absolute Gasteiger partial charge is 0.224 e. The van der Waals surface area contributed by atoms with Crippen LogP contribution in [-0.4, -0.2) is 5.91 Å². The molecule has 0 radical (unpaired) electrons. The molecule has 0 bridgehead atoms. The fraction of sp³-hybridized carbons (Fsp3) is 0.235. The summed E-state index contributed by atoms with van der Waals surface area (Å²) in [5.41, 5.74) is 0.768. The fourth-order valence-electron chi connectivity index (χ4n) is 1.83. The fourth-order valence-corrected chi connectivity index (χ4v) is 1.95. The predicted molar refractivity (Wildman–Crippen MR) is 86.1 cm³/mol. The molecule has 1 amide bonds. The number of rotatable bonds is 5. The van der Waals surface area contributed by atoms with E-state index in [2.05, 4.69) is 5.32 Å². The van der Waals surface area contributed by atoms with E-state index in [0.717, 1.165) is 11.4 Å². The monoisotopic (exact) mass is 303 g/mol. The average Bonchev–Trinajstić information content (AvgIpc) is 2.42. The van der Waals surface area contributed by atoms with Gasteiger partial charge in [-0.1, -0.05) is 25.4 Å². The first-order chi connectivity index (χ1) is 10.0. The largest absolute Gasteiger partial charge is 0.457 e. The molecule has 2 aromatic rings. The quantitative estimate of drug-likeness (QED) is 0.833. The van der Waals surface area contributed by atoms with Crippen molar-refractivity contribution in [2.45, 2.75) is 20.3 Å². The normalized spacial score (nSPS) is 10.5. The standard InChI is InChI=1S/C17H18ClNO2/c1-12(2)11-17(20)19-14-5-9-16(10-6-14)21-15-7-3-13(18)4-8-15/h3-10,12H,11H2,1-2H3,(H,19,20). The van der Waals surface area contributed by atoms with Crippen LogP contribution in [0.4, 0.5) is 5.69 Å². The second-order valence-corrected chi connectivity index (χ2v) is 5.66. The lowest BCUT2D eigenvalue weighted by atomic mass is 10.1. The second-order valence-electron chi connectivity index (χ2n) is 5.23. The lowest BCUT2D eigenvalue weighted by Gasteiger charge is -2.09. The molecule has 0 saturated carbocycles. The third kappa shape index (κ3) is 5.12. The minimum Gasteiger partial charge on any atom is -0.457 e. The Morgan fingerprint density at radius 3 is 2.10 bits per heavy atom. The molecule has 2 rings (SSSR count). The topological polar surface area (TPSA) is 38.3 Å². The van der Waals surface area contributed by atoms with Crippen molar-refractivity contribution in [3.8, 4) is 11.5 Å². The first-order valence-corrected chi connectivity index (χ1v) is 7.24. The number of hydrogen-bond acceptors (Lipinski definition) is 2. The Labute approximate surface area is 129 Å². The van der Waals surface area contributed by atoms with Crippen molar-refractivity contribution in [2.24, 2.45) is 5.92 Å². The van der Waals surface area contributed by atoms with Crippen molar-refractivity contribution in [1.29, 1.82) is 0 Å². The highest BCUT2D eigenvalue weighted by molar-refractivity contribution is 6.30. The number of nitrogens with one attached hydrogen (secondary N) is 1. The Morgan fingerprint density at radius 2 is 1.57 bits per heavy atom. The van der Waals surface area contributed by atoms with E-state index in [4.69, 9.17) is 16.3 Å². The Morgan fingerprint density at radius 1 is 1.05 bits per heavy atom. The minimum absolute atomic E-state index is 0.0244. The maximum absolute atomic E-state index is 11.7. The van der Waals surface area contributed by atoms with Gasteiger partial charge in [0, 0.05) is 17.1 Å². The molecule has 0 spiro atoms. The predicted octanol–water partition coefficient (Wildman–Crippen LogP) is 5.12.